The first-order chi connectivity index (χ1) is 20.4. The van der Waals surface area contributed by atoms with Crippen LogP contribution in [0.2, 0.25) is 20.1 Å². The van der Waals surface area contributed by atoms with Gasteiger partial charge in [0.1, 0.15) is 12.6 Å². The Morgan fingerprint density at radius 2 is 1.60 bits per heavy atom. The average Bonchev–Trinajstić information content (AvgIpc) is 2.97. The summed E-state index contributed by atoms with van der Waals surface area (Å²) < 4.78 is 29.0. The second kappa shape index (κ2) is 14.5. The molecule has 1 N–H and O–H groups in total. The van der Waals surface area contributed by atoms with E-state index in [0.717, 1.165) is 42.0 Å². The zero-order valence-electron chi connectivity index (χ0n) is 23.8. The van der Waals surface area contributed by atoms with Gasteiger partial charge in [0, 0.05) is 22.6 Å². The third-order valence-electron chi connectivity index (χ3n) is 7.56. The summed E-state index contributed by atoms with van der Waals surface area (Å²) in [7, 11) is -4.30. The lowest BCUT2D eigenvalue weighted by Crippen LogP contribution is -2.53. The molecule has 0 heterocycles. The van der Waals surface area contributed by atoms with Gasteiger partial charge in [-0.3, -0.25) is 13.9 Å². The predicted molar refractivity (Wildman–Crippen MR) is 174 cm³/mol. The fraction of sp³-hybridized carbons (Fsp3) is 0.355. The van der Waals surface area contributed by atoms with E-state index in [1.165, 1.54) is 29.2 Å². The molecule has 3 aromatic carbocycles. The SMILES string of the molecule is Cc1ccc(S(=O)(=O)N(CC(=O)N(Cc2ccc(Cl)cc2Cl)[C@@H](C)C(=O)NC2CCCCC2)c2cccc(Cl)c2Cl)cc1. The van der Waals surface area contributed by atoms with Crippen LogP contribution in [0, 0.1) is 6.92 Å². The molecule has 230 valence electrons. The third-order valence-corrected chi connectivity index (χ3v) is 10.7. The van der Waals surface area contributed by atoms with E-state index in [4.69, 9.17) is 46.4 Å². The van der Waals surface area contributed by atoms with E-state index in [2.05, 4.69) is 5.32 Å². The predicted octanol–water partition coefficient (Wildman–Crippen LogP) is 7.67. The summed E-state index contributed by atoms with van der Waals surface area (Å²) in [4.78, 5) is 28.9. The van der Waals surface area contributed by atoms with Crippen LogP contribution in [0.15, 0.2) is 65.6 Å². The molecule has 0 radical (unpaired) electrons. The lowest BCUT2D eigenvalue weighted by molar-refractivity contribution is -0.139. The highest BCUT2D eigenvalue weighted by Crippen LogP contribution is 2.36. The number of benzene rings is 3. The van der Waals surface area contributed by atoms with Crippen molar-refractivity contribution in [1.29, 1.82) is 0 Å². The number of carbonyl (C=O) groups is 2. The van der Waals surface area contributed by atoms with E-state index in [1.54, 1.807) is 43.3 Å². The zero-order valence-corrected chi connectivity index (χ0v) is 27.7. The first kappa shape index (κ1) is 33.4. The standard InChI is InChI=1S/C31H33Cl4N3O4S/c1-20-11-15-25(16-12-20)43(41,42)38(28-10-6-9-26(33)30(28)35)19-29(39)37(18-22-13-14-23(32)17-27(22)34)21(2)31(40)36-24-7-4-3-5-8-24/h6,9-17,21,24H,3-5,7-8,18-19H2,1-2H3,(H,36,40)/t21-/m0/s1. The zero-order chi connectivity index (χ0) is 31.3. The van der Waals surface area contributed by atoms with Gasteiger partial charge >= 0.3 is 0 Å². The largest absolute Gasteiger partial charge is 0.352 e. The number of nitrogens with one attached hydrogen (secondary N) is 1. The maximum atomic E-state index is 14.2. The number of aryl methyl sites for hydroxylation is 1. The fourth-order valence-corrected chi connectivity index (χ4v) is 7.36. The Morgan fingerprint density at radius 3 is 2.26 bits per heavy atom. The Kier molecular flexibility index (Phi) is 11.3. The van der Waals surface area contributed by atoms with Crippen molar-refractivity contribution in [1.82, 2.24) is 10.2 Å². The van der Waals surface area contributed by atoms with Crippen molar-refractivity contribution in [3.05, 3.63) is 91.9 Å². The summed E-state index contributed by atoms with van der Waals surface area (Å²) >= 11 is 25.3. The molecule has 43 heavy (non-hydrogen) atoms. The van der Waals surface area contributed by atoms with Gasteiger partial charge in [0.2, 0.25) is 11.8 Å². The molecule has 0 unspecified atom stereocenters. The smallest absolute Gasteiger partial charge is 0.264 e. The monoisotopic (exact) mass is 683 g/mol. The van der Waals surface area contributed by atoms with Crippen molar-refractivity contribution in [2.45, 2.75) is 69.5 Å². The summed E-state index contributed by atoms with van der Waals surface area (Å²) in [5.41, 5.74) is 1.45. The van der Waals surface area contributed by atoms with Gasteiger partial charge in [-0.1, -0.05) is 95.5 Å². The normalized spacial score (nSPS) is 14.7. The molecule has 0 aromatic heterocycles. The minimum absolute atomic E-state index is 0.0171. The molecule has 1 fully saturated rings. The number of amides is 2. The quantitative estimate of drug-likeness (QED) is 0.238. The van der Waals surface area contributed by atoms with Crippen LogP contribution in [0.3, 0.4) is 0 Å². The number of nitrogens with zero attached hydrogens (tertiary/aromatic N) is 2. The van der Waals surface area contributed by atoms with Crippen molar-refractivity contribution in [2.75, 3.05) is 10.8 Å². The number of rotatable bonds is 10. The van der Waals surface area contributed by atoms with Crippen LogP contribution in [0.4, 0.5) is 5.69 Å². The van der Waals surface area contributed by atoms with Gasteiger partial charge in [-0.05, 0) is 68.7 Å². The Bertz CT molecular complexity index is 1580. The molecular formula is C31H33Cl4N3O4S. The van der Waals surface area contributed by atoms with Crippen LogP contribution in [-0.2, 0) is 26.2 Å². The van der Waals surface area contributed by atoms with Gasteiger partial charge in [-0.2, -0.15) is 0 Å². The summed E-state index contributed by atoms with van der Waals surface area (Å²) in [6.07, 6.45) is 4.90. The highest BCUT2D eigenvalue weighted by molar-refractivity contribution is 7.92. The number of hydrogen-bond donors (Lipinski definition) is 1. The van der Waals surface area contributed by atoms with Crippen LogP contribution in [0.5, 0.6) is 0 Å². The molecule has 0 saturated heterocycles. The Labute approximate surface area is 273 Å². The molecule has 7 nitrogen and oxygen atoms in total. The highest BCUT2D eigenvalue weighted by atomic mass is 35.5. The van der Waals surface area contributed by atoms with Gasteiger partial charge < -0.3 is 10.2 Å². The molecule has 0 bridgehead atoms. The molecule has 0 aliphatic heterocycles. The van der Waals surface area contributed by atoms with Crippen LogP contribution < -0.4 is 9.62 Å². The Hall–Kier alpha value is -2.49. The number of carbonyl (C=O) groups excluding carboxylic acids is 2. The van der Waals surface area contributed by atoms with Gasteiger partial charge in [0.25, 0.3) is 10.0 Å². The van der Waals surface area contributed by atoms with Crippen LogP contribution in [0.25, 0.3) is 0 Å². The summed E-state index contributed by atoms with van der Waals surface area (Å²) in [5.74, 6) is -0.969. The highest BCUT2D eigenvalue weighted by Gasteiger charge is 2.34. The molecule has 1 aliphatic carbocycles. The maximum absolute atomic E-state index is 14.2. The lowest BCUT2D eigenvalue weighted by atomic mass is 9.95. The maximum Gasteiger partial charge on any atom is 0.264 e. The summed E-state index contributed by atoms with van der Waals surface area (Å²) in [6.45, 7) is 2.74. The van der Waals surface area contributed by atoms with E-state index in [0.29, 0.717) is 15.6 Å². The summed E-state index contributed by atoms with van der Waals surface area (Å²) in [6, 6.07) is 14.7. The van der Waals surface area contributed by atoms with Gasteiger partial charge in [-0.15, -0.1) is 0 Å². The van der Waals surface area contributed by atoms with Gasteiger partial charge in [-0.25, -0.2) is 8.42 Å². The fourth-order valence-electron chi connectivity index (χ4n) is 5.02. The number of anilines is 1. The molecular weight excluding hydrogens is 652 g/mol. The average molecular weight is 686 g/mol. The minimum Gasteiger partial charge on any atom is -0.352 e. The van der Waals surface area contributed by atoms with Crippen LogP contribution >= 0.6 is 46.4 Å². The summed E-state index contributed by atoms with van der Waals surface area (Å²) in [5, 5.41) is 3.90. The Balaban J connectivity index is 1.73. The van der Waals surface area contributed by atoms with Gasteiger partial charge in [0.15, 0.2) is 0 Å². The van der Waals surface area contributed by atoms with E-state index in [-0.39, 0.29) is 39.1 Å². The Morgan fingerprint density at radius 1 is 0.930 bits per heavy atom. The van der Waals surface area contributed by atoms with E-state index < -0.39 is 28.5 Å². The van der Waals surface area contributed by atoms with Crippen LogP contribution in [0.1, 0.15) is 50.2 Å². The molecule has 4 rings (SSSR count). The van der Waals surface area contributed by atoms with E-state index >= 15 is 0 Å². The molecule has 1 saturated carbocycles. The topological polar surface area (TPSA) is 86.8 Å². The molecule has 0 spiro atoms. The molecule has 1 aliphatic rings. The third kappa shape index (κ3) is 8.17. The van der Waals surface area contributed by atoms with Crippen molar-refractivity contribution in [3.63, 3.8) is 0 Å². The van der Waals surface area contributed by atoms with Crippen molar-refractivity contribution in [2.24, 2.45) is 0 Å². The van der Waals surface area contributed by atoms with E-state index in [1.807, 2.05) is 6.92 Å². The number of halogens is 4. The molecule has 3 aromatic rings. The van der Waals surface area contributed by atoms with E-state index in [9.17, 15) is 18.0 Å². The van der Waals surface area contributed by atoms with Crippen LogP contribution in [-0.4, -0.2) is 43.8 Å². The first-order valence-electron chi connectivity index (χ1n) is 14.0. The van der Waals surface area contributed by atoms with Crippen molar-refractivity contribution >= 4 is 73.9 Å². The minimum atomic E-state index is -4.30. The number of hydrogen-bond acceptors (Lipinski definition) is 4. The lowest BCUT2D eigenvalue weighted by Gasteiger charge is -2.33. The molecule has 1 atom stereocenters. The van der Waals surface area contributed by atoms with Gasteiger partial charge in [0.05, 0.1) is 20.6 Å². The second-order valence-electron chi connectivity index (χ2n) is 10.7. The second-order valence-corrected chi connectivity index (χ2v) is 14.2. The van der Waals surface area contributed by atoms with Crippen molar-refractivity contribution < 1.29 is 18.0 Å². The number of sulfonamides is 1. The first-order valence-corrected chi connectivity index (χ1v) is 16.9. The molecule has 12 heteroatoms. The molecule has 2 amide bonds. The van der Waals surface area contributed by atoms with Crippen molar-refractivity contribution in [3.8, 4) is 0 Å².